The predicted octanol–water partition coefficient (Wildman–Crippen LogP) is 3.45. The summed E-state index contributed by atoms with van der Waals surface area (Å²) >= 11 is 0. The van der Waals surface area contributed by atoms with E-state index < -0.39 is 6.10 Å². The highest BCUT2D eigenvalue weighted by atomic mass is 16.5. The molecule has 0 radical (unpaired) electrons. The van der Waals surface area contributed by atoms with E-state index in [2.05, 4.69) is 15.5 Å². The molecule has 0 aliphatic rings. The van der Waals surface area contributed by atoms with Crippen LogP contribution in [0, 0.1) is 13.8 Å². The number of carbonyl (C=O) groups excluding carboxylic acids is 1. The van der Waals surface area contributed by atoms with Gasteiger partial charge in [0.25, 0.3) is 5.91 Å². The maximum absolute atomic E-state index is 12.3. The van der Waals surface area contributed by atoms with E-state index in [4.69, 9.17) is 14.0 Å². The number of nitrogens with one attached hydrogen (secondary N) is 1. The van der Waals surface area contributed by atoms with E-state index in [0.717, 1.165) is 22.4 Å². The highest BCUT2D eigenvalue weighted by molar-refractivity contribution is 5.80. The summed E-state index contributed by atoms with van der Waals surface area (Å²) in [5.74, 6) is 1.94. The maximum Gasteiger partial charge on any atom is 0.261 e. The van der Waals surface area contributed by atoms with Crippen molar-refractivity contribution < 1.29 is 18.8 Å². The van der Waals surface area contributed by atoms with Gasteiger partial charge in [-0.25, -0.2) is 0 Å². The molecule has 1 amide bonds. The Hall–Kier alpha value is -3.35. The first-order chi connectivity index (χ1) is 13.5. The van der Waals surface area contributed by atoms with Crippen LogP contribution in [0.5, 0.6) is 11.5 Å². The number of benzene rings is 2. The third-order valence-electron chi connectivity index (χ3n) is 4.23. The van der Waals surface area contributed by atoms with Gasteiger partial charge in [0.15, 0.2) is 6.10 Å². The zero-order valence-corrected chi connectivity index (χ0v) is 16.4. The molecular weight excluding hydrogens is 358 g/mol. The number of amides is 1. The van der Waals surface area contributed by atoms with Gasteiger partial charge in [-0.15, -0.1) is 0 Å². The number of aromatic nitrogens is 2. The fourth-order valence-corrected chi connectivity index (χ4v) is 2.67. The lowest BCUT2D eigenvalue weighted by Crippen LogP contribution is -2.36. The molecule has 0 aliphatic heterocycles. The predicted molar refractivity (Wildman–Crippen MR) is 104 cm³/mol. The van der Waals surface area contributed by atoms with Crippen molar-refractivity contribution in [3.8, 4) is 22.9 Å². The highest BCUT2D eigenvalue weighted by Gasteiger charge is 2.17. The third kappa shape index (κ3) is 4.68. The molecule has 28 heavy (non-hydrogen) atoms. The summed E-state index contributed by atoms with van der Waals surface area (Å²) in [6.45, 7) is 5.79. The fraction of sp³-hybridized carbons (Fsp3) is 0.286. The van der Waals surface area contributed by atoms with Crippen LogP contribution in [-0.4, -0.2) is 29.3 Å². The Morgan fingerprint density at radius 3 is 2.61 bits per heavy atom. The Labute approximate surface area is 163 Å². The van der Waals surface area contributed by atoms with Crippen LogP contribution in [0.2, 0.25) is 0 Å². The van der Waals surface area contributed by atoms with Crippen molar-refractivity contribution in [3.05, 3.63) is 59.5 Å². The largest absolute Gasteiger partial charge is 0.497 e. The van der Waals surface area contributed by atoms with Crippen LogP contribution >= 0.6 is 0 Å². The van der Waals surface area contributed by atoms with Gasteiger partial charge in [-0.3, -0.25) is 4.79 Å². The van der Waals surface area contributed by atoms with Crippen LogP contribution in [0.4, 0.5) is 0 Å². The van der Waals surface area contributed by atoms with Gasteiger partial charge >= 0.3 is 0 Å². The molecule has 1 N–H and O–H groups in total. The maximum atomic E-state index is 12.3. The average molecular weight is 381 g/mol. The molecule has 3 rings (SSSR count). The van der Waals surface area contributed by atoms with Crippen molar-refractivity contribution in [2.24, 2.45) is 0 Å². The average Bonchev–Trinajstić information content (AvgIpc) is 3.17. The standard InChI is InChI=1S/C21H23N3O4/c1-13-5-10-18(14(2)11-13)27-15(3)21(25)22-12-19-23-20(24-28-19)16-6-8-17(26-4)9-7-16/h5-11,15H,12H2,1-4H3,(H,22,25). The van der Waals surface area contributed by atoms with Gasteiger partial charge in [-0.05, 0) is 56.7 Å². The summed E-state index contributed by atoms with van der Waals surface area (Å²) in [6.07, 6.45) is -0.648. The molecule has 0 fully saturated rings. The van der Waals surface area contributed by atoms with E-state index in [9.17, 15) is 4.79 Å². The monoisotopic (exact) mass is 381 g/mol. The van der Waals surface area contributed by atoms with Gasteiger partial charge in [0.1, 0.15) is 11.5 Å². The molecule has 1 atom stereocenters. The summed E-state index contributed by atoms with van der Waals surface area (Å²) in [5.41, 5.74) is 2.93. The molecule has 2 aromatic carbocycles. The first-order valence-electron chi connectivity index (χ1n) is 8.95. The van der Waals surface area contributed by atoms with Crippen molar-refractivity contribution in [3.63, 3.8) is 0 Å². The number of rotatable bonds is 7. The lowest BCUT2D eigenvalue weighted by atomic mass is 10.1. The van der Waals surface area contributed by atoms with Gasteiger partial charge < -0.3 is 19.3 Å². The topological polar surface area (TPSA) is 86.5 Å². The van der Waals surface area contributed by atoms with E-state index in [0.29, 0.717) is 17.5 Å². The molecule has 0 aliphatic carbocycles. The van der Waals surface area contributed by atoms with Crippen LogP contribution in [0.15, 0.2) is 47.0 Å². The summed E-state index contributed by atoms with van der Waals surface area (Å²) in [4.78, 5) is 16.6. The van der Waals surface area contributed by atoms with Crippen molar-refractivity contribution in [2.75, 3.05) is 7.11 Å². The Morgan fingerprint density at radius 2 is 1.93 bits per heavy atom. The summed E-state index contributed by atoms with van der Waals surface area (Å²) in [5, 5.41) is 6.70. The molecule has 1 heterocycles. The number of ether oxygens (including phenoxy) is 2. The number of methoxy groups -OCH3 is 1. The van der Waals surface area contributed by atoms with Gasteiger partial charge in [0.2, 0.25) is 11.7 Å². The Bertz CT molecular complexity index is 951. The molecule has 7 heteroatoms. The van der Waals surface area contributed by atoms with E-state index in [1.807, 2.05) is 56.3 Å². The normalized spacial score (nSPS) is 11.7. The SMILES string of the molecule is COc1ccc(-c2noc(CNC(=O)C(C)Oc3ccc(C)cc3C)n2)cc1. The van der Waals surface area contributed by atoms with Gasteiger partial charge in [-0.1, -0.05) is 22.9 Å². The molecule has 0 bridgehead atoms. The molecular formula is C21H23N3O4. The van der Waals surface area contributed by atoms with Crippen LogP contribution in [0.1, 0.15) is 23.9 Å². The molecule has 1 unspecified atom stereocenters. The van der Waals surface area contributed by atoms with Crippen molar-refractivity contribution in [2.45, 2.75) is 33.4 Å². The quantitative estimate of drug-likeness (QED) is 0.675. The Balaban J connectivity index is 1.56. The van der Waals surface area contributed by atoms with Crippen molar-refractivity contribution in [1.82, 2.24) is 15.5 Å². The smallest absolute Gasteiger partial charge is 0.261 e. The first kappa shape index (κ1) is 19.4. The first-order valence-corrected chi connectivity index (χ1v) is 8.95. The molecule has 0 spiro atoms. The minimum Gasteiger partial charge on any atom is -0.497 e. The second-order valence-corrected chi connectivity index (χ2v) is 6.49. The number of aryl methyl sites for hydroxylation is 2. The molecule has 7 nitrogen and oxygen atoms in total. The van der Waals surface area contributed by atoms with E-state index >= 15 is 0 Å². The second kappa shape index (κ2) is 8.56. The lowest BCUT2D eigenvalue weighted by Gasteiger charge is -2.16. The van der Waals surface area contributed by atoms with Crippen molar-refractivity contribution in [1.29, 1.82) is 0 Å². The lowest BCUT2D eigenvalue weighted by molar-refractivity contribution is -0.127. The zero-order chi connectivity index (χ0) is 20.1. The molecule has 0 saturated heterocycles. The highest BCUT2D eigenvalue weighted by Crippen LogP contribution is 2.21. The molecule has 1 aromatic heterocycles. The van der Waals surface area contributed by atoms with Gasteiger partial charge in [-0.2, -0.15) is 4.98 Å². The van der Waals surface area contributed by atoms with Crippen LogP contribution in [0.3, 0.4) is 0 Å². The number of hydrogen-bond acceptors (Lipinski definition) is 6. The molecule has 3 aromatic rings. The Morgan fingerprint density at radius 1 is 1.18 bits per heavy atom. The summed E-state index contributed by atoms with van der Waals surface area (Å²) in [7, 11) is 1.61. The van der Waals surface area contributed by atoms with Gasteiger partial charge in [0.05, 0.1) is 13.7 Å². The molecule has 0 saturated carbocycles. The zero-order valence-electron chi connectivity index (χ0n) is 16.4. The fourth-order valence-electron chi connectivity index (χ4n) is 2.67. The minimum atomic E-state index is -0.648. The minimum absolute atomic E-state index is 0.128. The van der Waals surface area contributed by atoms with Crippen LogP contribution in [-0.2, 0) is 11.3 Å². The van der Waals surface area contributed by atoms with Crippen LogP contribution in [0.25, 0.3) is 11.4 Å². The van der Waals surface area contributed by atoms with E-state index in [1.165, 1.54) is 0 Å². The third-order valence-corrected chi connectivity index (χ3v) is 4.23. The van der Waals surface area contributed by atoms with Crippen LogP contribution < -0.4 is 14.8 Å². The second-order valence-electron chi connectivity index (χ2n) is 6.49. The van der Waals surface area contributed by atoms with E-state index in [1.54, 1.807) is 14.0 Å². The van der Waals surface area contributed by atoms with E-state index in [-0.39, 0.29) is 12.5 Å². The number of hydrogen-bond donors (Lipinski definition) is 1. The summed E-state index contributed by atoms with van der Waals surface area (Å²) < 4.78 is 16.1. The summed E-state index contributed by atoms with van der Waals surface area (Å²) in [6, 6.07) is 13.1. The van der Waals surface area contributed by atoms with Crippen molar-refractivity contribution >= 4 is 5.91 Å². The van der Waals surface area contributed by atoms with Gasteiger partial charge in [0, 0.05) is 5.56 Å². The number of nitrogens with zero attached hydrogens (tertiary/aromatic N) is 2. The number of carbonyl (C=O) groups is 1. The Kier molecular flexibility index (Phi) is 5.93. The molecule has 146 valence electrons.